The van der Waals surface area contributed by atoms with Gasteiger partial charge in [-0.1, -0.05) is 0 Å². The highest BCUT2D eigenvalue weighted by molar-refractivity contribution is 6.29. The number of benzene rings is 1. The van der Waals surface area contributed by atoms with Gasteiger partial charge in [0.15, 0.2) is 0 Å². The van der Waals surface area contributed by atoms with E-state index in [0.717, 1.165) is 11.3 Å². The van der Waals surface area contributed by atoms with Crippen molar-refractivity contribution in [3.05, 3.63) is 23.8 Å². The van der Waals surface area contributed by atoms with Crippen LogP contribution in [0.5, 0.6) is 5.75 Å². The van der Waals surface area contributed by atoms with Gasteiger partial charge in [-0.25, -0.2) is 0 Å². The number of esters is 1. The summed E-state index contributed by atoms with van der Waals surface area (Å²) in [5.74, 6) is -0.0134. The van der Waals surface area contributed by atoms with Crippen LogP contribution in [0.1, 0.15) is 18.9 Å². The molecule has 1 N–H and O–H groups in total. The van der Waals surface area contributed by atoms with Crippen LogP contribution in [-0.4, -0.2) is 17.3 Å². The summed E-state index contributed by atoms with van der Waals surface area (Å²) >= 11 is 5.61. The summed E-state index contributed by atoms with van der Waals surface area (Å²) in [6, 6.07) is 5.13. The minimum Gasteiger partial charge on any atom is -0.425 e. The minimum absolute atomic E-state index is 0.0108. The van der Waals surface area contributed by atoms with Crippen LogP contribution < -0.4 is 10.1 Å². The number of aryl methyl sites for hydroxylation is 1. The van der Waals surface area contributed by atoms with Crippen molar-refractivity contribution in [2.24, 2.45) is 0 Å². The van der Waals surface area contributed by atoms with E-state index in [2.05, 4.69) is 5.32 Å². The van der Waals surface area contributed by atoms with Crippen molar-refractivity contribution in [3.63, 3.8) is 0 Å². The molecule has 1 aliphatic rings. The fraction of sp³-hybridized carbons (Fsp3) is 0.333. The quantitative estimate of drug-likeness (QED) is 0.499. The summed E-state index contributed by atoms with van der Waals surface area (Å²) in [7, 11) is 0. The monoisotopic (exact) mass is 253 g/mol. The van der Waals surface area contributed by atoms with Gasteiger partial charge in [0.1, 0.15) is 11.1 Å². The van der Waals surface area contributed by atoms with E-state index in [4.69, 9.17) is 16.3 Å². The third kappa shape index (κ3) is 2.77. The third-order valence-corrected chi connectivity index (χ3v) is 2.69. The number of carbonyl (C=O) groups excluding carboxylic acids is 2. The zero-order valence-corrected chi connectivity index (χ0v) is 10.1. The molecule has 0 saturated carbocycles. The van der Waals surface area contributed by atoms with Gasteiger partial charge >= 0.3 is 5.97 Å². The van der Waals surface area contributed by atoms with Gasteiger partial charge in [-0.05, 0) is 37.1 Å². The van der Waals surface area contributed by atoms with Crippen LogP contribution in [0.25, 0.3) is 0 Å². The zero-order chi connectivity index (χ0) is 12.4. The molecule has 0 bridgehead atoms. The van der Waals surface area contributed by atoms with Crippen molar-refractivity contribution in [1.82, 2.24) is 0 Å². The zero-order valence-electron chi connectivity index (χ0n) is 9.33. The molecule has 1 heterocycles. The molecule has 5 heteroatoms. The van der Waals surface area contributed by atoms with Crippen LogP contribution in [0.4, 0.5) is 5.69 Å². The minimum atomic E-state index is -0.675. The Morgan fingerprint density at radius 2 is 2.24 bits per heavy atom. The predicted molar refractivity (Wildman–Crippen MR) is 64.3 cm³/mol. The van der Waals surface area contributed by atoms with Gasteiger partial charge in [-0.2, -0.15) is 0 Å². The Kier molecular flexibility index (Phi) is 3.33. The molecule has 0 aliphatic carbocycles. The number of nitrogens with one attached hydrogen (secondary N) is 1. The molecular formula is C12H12ClNO3. The van der Waals surface area contributed by atoms with E-state index >= 15 is 0 Å². The molecule has 17 heavy (non-hydrogen) atoms. The van der Waals surface area contributed by atoms with Crippen LogP contribution in [0.3, 0.4) is 0 Å². The number of rotatable bonds is 2. The van der Waals surface area contributed by atoms with Crippen molar-refractivity contribution in [2.75, 3.05) is 5.32 Å². The number of halogens is 1. The summed E-state index contributed by atoms with van der Waals surface area (Å²) in [6.45, 7) is 1.56. The average molecular weight is 254 g/mol. The lowest BCUT2D eigenvalue weighted by atomic mass is 10.0. The molecule has 1 aromatic carbocycles. The molecule has 2 rings (SSSR count). The predicted octanol–water partition coefficient (Wildman–Crippen LogP) is 2.10. The summed E-state index contributed by atoms with van der Waals surface area (Å²) in [4.78, 5) is 22.5. The van der Waals surface area contributed by atoms with Gasteiger partial charge in [0.25, 0.3) is 0 Å². The van der Waals surface area contributed by atoms with E-state index in [0.29, 0.717) is 18.6 Å². The number of amides is 1. The third-order valence-electron chi connectivity index (χ3n) is 2.52. The lowest BCUT2D eigenvalue weighted by Gasteiger charge is -2.17. The number of hydrogen-bond donors (Lipinski definition) is 1. The Hall–Kier alpha value is -1.55. The number of fused-ring (bicyclic) bond motifs is 1. The molecule has 1 amide bonds. The number of carbonyl (C=O) groups is 2. The molecular weight excluding hydrogens is 242 g/mol. The number of ether oxygens (including phenoxy) is 1. The first-order valence-electron chi connectivity index (χ1n) is 5.35. The first kappa shape index (κ1) is 11.9. The van der Waals surface area contributed by atoms with Gasteiger partial charge < -0.3 is 10.1 Å². The van der Waals surface area contributed by atoms with Crippen LogP contribution in [0.15, 0.2) is 18.2 Å². The Labute approximate surface area is 104 Å². The molecule has 4 nitrogen and oxygen atoms in total. The molecule has 0 saturated heterocycles. The maximum absolute atomic E-state index is 11.3. The normalized spacial score (nSPS) is 15.8. The van der Waals surface area contributed by atoms with E-state index in [1.165, 1.54) is 0 Å². The van der Waals surface area contributed by atoms with Crippen molar-refractivity contribution < 1.29 is 14.3 Å². The van der Waals surface area contributed by atoms with Crippen LogP contribution in [-0.2, 0) is 16.0 Å². The molecule has 0 aromatic heterocycles. The van der Waals surface area contributed by atoms with Crippen molar-refractivity contribution in [3.8, 4) is 5.75 Å². The van der Waals surface area contributed by atoms with Gasteiger partial charge in [-0.3, -0.25) is 9.59 Å². The summed E-state index contributed by atoms with van der Waals surface area (Å²) in [6.07, 6.45) is 1.11. The number of anilines is 1. The summed E-state index contributed by atoms with van der Waals surface area (Å²) < 4.78 is 5.09. The fourth-order valence-corrected chi connectivity index (χ4v) is 1.67. The molecule has 1 unspecified atom stereocenters. The molecule has 1 aromatic rings. The smallest absolute Gasteiger partial charge is 0.329 e. The van der Waals surface area contributed by atoms with Crippen LogP contribution in [0.2, 0.25) is 0 Å². The van der Waals surface area contributed by atoms with E-state index in [9.17, 15) is 9.59 Å². The maximum Gasteiger partial charge on any atom is 0.329 e. The first-order chi connectivity index (χ1) is 8.06. The molecule has 0 radical (unpaired) electrons. The summed E-state index contributed by atoms with van der Waals surface area (Å²) in [5.41, 5.74) is 1.75. The molecule has 90 valence electrons. The second-order valence-corrected chi connectivity index (χ2v) is 4.56. The van der Waals surface area contributed by atoms with E-state index in [1.54, 1.807) is 25.1 Å². The highest BCUT2D eigenvalue weighted by Crippen LogP contribution is 2.27. The van der Waals surface area contributed by atoms with Gasteiger partial charge in [0, 0.05) is 12.1 Å². The maximum atomic E-state index is 11.3. The highest BCUT2D eigenvalue weighted by atomic mass is 35.5. The standard InChI is InChI=1S/C12H12ClNO3/c1-7(13)12(16)17-9-3-4-10-8(6-9)2-5-11(15)14-10/h3-4,6-7H,2,5H2,1H3,(H,14,15). The average Bonchev–Trinajstić information content (AvgIpc) is 2.29. The molecule has 0 fully saturated rings. The summed E-state index contributed by atoms with van der Waals surface area (Å²) in [5, 5.41) is 2.08. The Morgan fingerprint density at radius 3 is 2.94 bits per heavy atom. The Balaban J connectivity index is 2.17. The van der Waals surface area contributed by atoms with Crippen molar-refractivity contribution >= 4 is 29.2 Å². The van der Waals surface area contributed by atoms with Crippen LogP contribution >= 0.6 is 11.6 Å². The van der Waals surface area contributed by atoms with E-state index in [1.807, 2.05) is 0 Å². The van der Waals surface area contributed by atoms with Crippen molar-refractivity contribution in [2.45, 2.75) is 25.1 Å². The number of hydrogen-bond acceptors (Lipinski definition) is 3. The van der Waals surface area contributed by atoms with Gasteiger partial charge in [0.2, 0.25) is 5.91 Å². The topological polar surface area (TPSA) is 55.4 Å². The second kappa shape index (κ2) is 4.75. The van der Waals surface area contributed by atoms with Crippen molar-refractivity contribution in [1.29, 1.82) is 0 Å². The highest BCUT2D eigenvalue weighted by Gasteiger charge is 2.17. The molecule has 1 aliphatic heterocycles. The lowest BCUT2D eigenvalue weighted by Crippen LogP contribution is -2.20. The SMILES string of the molecule is CC(Cl)C(=O)Oc1ccc2c(c1)CCC(=O)N2. The van der Waals surface area contributed by atoms with E-state index in [-0.39, 0.29) is 5.91 Å². The van der Waals surface area contributed by atoms with Gasteiger partial charge in [0.05, 0.1) is 0 Å². The van der Waals surface area contributed by atoms with E-state index < -0.39 is 11.3 Å². The Bertz CT molecular complexity index is 471. The number of alkyl halides is 1. The largest absolute Gasteiger partial charge is 0.425 e. The molecule has 0 spiro atoms. The molecule has 1 atom stereocenters. The first-order valence-corrected chi connectivity index (χ1v) is 5.78. The Morgan fingerprint density at radius 1 is 1.47 bits per heavy atom. The lowest BCUT2D eigenvalue weighted by molar-refractivity contribution is -0.133. The van der Waals surface area contributed by atoms with Crippen LogP contribution in [0, 0.1) is 0 Å². The fourth-order valence-electron chi connectivity index (χ4n) is 1.62. The second-order valence-electron chi connectivity index (χ2n) is 3.90. The van der Waals surface area contributed by atoms with Gasteiger partial charge in [-0.15, -0.1) is 11.6 Å².